The number of rotatable bonds is 5. The van der Waals surface area contributed by atoms with E-state index >= 15 is 0 Å². The zero-order chi connectivity index (χ0) is 15.2. The number of amides is 1. The maximum atomic E-state index is 12.1. The fourth-order valence-electron chi connectivity index (χ4n) is 4.50. The molecule has 23 heavy (non-hydrogen) atoms. The molecule has 2 saturated heterocycles. The third kappa shape index (κ3) is 5.91. The summed E-state index contributed by atoms with van der Waals surface area (Å²) in [6, 6.07) is 0.0712. The van der Waals surface area contributed by atoms with Crippen LogP contribution < -0.4 is 10.6 Å². The summed E-state index contributed by atoms with van der Waals surface area (Å²) >= 11 is 0. The molecule has 1 unspecified atom stereocenters. The number of piperidine rings is 1. The first kappa shape index (κ1) is 19.0. The van der Waals surface area contributed by atoms with Gasteiger partial charge in [0.2, 0.25) is 5.91 Å². The Bertz CT molecular complexity index is 354. The lowest BCUT2D eigenvalue weighted by Crippen LogP contribution is -2.46. The Morgan fingerprint density at radius 3 is 2.52 bits per heavy atom. The van der Waals surface area contributed by atoms with Crippen molar-refractivity contribution in [2.75, 3.05) is 32.7 Å². The fourth-order valence-corrected chi connectivity index (χ4v) is 4.50. The zero-order valence-electron chi connectivity index (χ0n) is 14.4. The molecule has 1 aliphatic carbocycles. The van der Waals surface area contributed by atoms with Gasteiger partial charge in [-0.05, 0) is 63.5 Å². The number of carbonyl (C=O) groups excluding carboxylic acids is 1. The highest BCUT2D eigenvalue weighted by molar-refractivity contribution is 5.85. The number of nitrogens with zero attached hydrogens (tertiary/aromatic N) is 1. The molecule has 0 aromatic heterocycles. The van der Waals surface area contributed by atoms with Gasteiger partial charge in [0.05, 0.1) is 6.04 Å². The van der Waals surface area contributed by atoms with E-state index in [9.17, 15) is 4.79 Å². The van der Waals surface area contributed by atoms with Crippen molar-refractivity contribution < 1.29 is 4.79 Å². The fraction of sp³-hybridized carbons (Fsp3) is 0.944. The Labute approximate surface area is 147 Å². The van der Waals surface area contributed by atoms with Crippen molar-refractivity contribution in [2.45, 2.75) is 63.8 Å². The average Bonchev–Trinajstić information content (AvgIpc) is 3.08. The van der Waals surface area contributed by atoms with Crippen LogP contribution in [0.4, 0.5) is 0 Å². The highest BCUT2D eigenvalue weighted by Crippen LogP contribution is 2.26. The van der Waals surface area contributed by atoms with E-state index in [0.29, 0.717) is 5.92 Å². The van der Waals surface area contributed by atoms with Gasteiger partial charge in [0, 0.05) is 19.6 Å². The minimum absolute atomic E-state index is 0. The first-order valence-corrected chi connectivity index (χ1v) is 9.55. The smallest absolute Gasteiger partial charge is 0.237 e. The number of halogens is 1. The number of carbonyl (C=O) groups is 1. The molecule has 2 N–H and O–H groups in total. The van der Waals surface area contributed by atoms with Crippen LogP contribution in [0.15, 0.2) is 0 Å². The molecule has 3 fully saturated rings. The number of nitrogens with one attached hydrogen (secondary N) is 2. The van der Waals surface area contributed by atoms with E-state index in [2.05, 4.69) is 15.5 Å². The van der Waals surface area contributed by atoms with Gasteiger partial charge in [-0.2, -0.15) is 0 Å². The van der Waals surface area contributed by atoms with Gasteiger partial charge in [-0.3, -0.25) is 4.79 Å². The van der Waals surface area contributed by atoms with E-state index in [4.69, 9.17) is 0 Å². The molecule has 3 aliphatic rings. The van der Waals surface area contributed by atoms with Gasteiger partial charge in [-0.1, -0.05) is 19.3 Å². The van der Waals surface area contributed by atoms with E-state index < -0.39 is 0 Å². The Hall–Kier alpha value is -0.320. The van der Waals surface area contributed by atoms with Gasteiger partial charge >= 0.3 is 0 Å². The minimum Gasteiger partial charge on any atom is -0.354 e. The second-order valence-corrected chi connectivity index (χ2v) is 7.67. The third-order valence-corrected chi connectivity index (χ3v) is 5.79. The SMILES string of the molecule is Cl.O=C(NCC1CCCN(CC2CCCCC2)C1)[C@H]1CCCN1. The number of hydrogen-bond acceptors (Lipinski definition) is 3. The van der Waals surface area contributed by atoms with Crippen LogP contribution in [0.3, 0.4) is 0 Å². The molecule has 4 nitrogen and oxygen atoms in total. The molecule has 0 aromatic carbocycles. The van der Waals surface area contributed by atoms with Crippen molar-refractivity contribution in [2.24, 2.45) is 11.8 Å². The molecule has 2 atom stereocenters. The summed E-state index contributed by atoms with van der Waals surface area (Å²) in [6.07, 6.45) is 11.9. The summed E-state index contributed by atoms with van der Waals surface area (Å²) < 4.78 is 0. The lowest BCUT2D eigenvalue weighted by Gasteiger charge is -2.36. The van der Waals surface area contributed by atoms with E-state index in [1.54, 1.807) is 0 Å². The predicted molar refractivity (Wildman–Crippen MR) is 97.0 cm³/mol. The Kier molecular flexibility index (Phi) is 8.14. The molecule has 1 saturated carbocycles. The van der Waals surface area contributed by atoms with E-state index in [1.165, 1.54) is 64.6 Å². The Morgan fingerprint density at radius 2 is 1.78 bits per heavy atom. The average molecular weight is 344 g/mol. The number of likely N-dealkylation sites (tertiary alicyclic amines) is 1. The summed E-state index contributed by atoms with van der Waals surface area (Å²) in [5.74, 6) is 1.81. The van der Waals surface area contributed by atoms with Gasteiger partial charge in [-0.15, -0.1) is 12.4 Å². The normalized spacial score (nSPS) is 29.9. The van der Waals surface area contributed by atoms with Crippen molar-refractivity contribution in [3.8, 4) is 0 Å². The quantitative estimate of drug-likeness (QED) is 0.806. The van der Waals surface area contributed by atoms with E-state index in [0.717, 1.165) is 31.8 Å². The summed E-state index contributed by atoms with van der Waals surface area (Å²) in [6.45, 7) is 5.63. The highest BCUT2D eigenvalue weighted by atomic mass is 35.5. The molecule has 2 aliphatic heterocycles. The molecule has 5 heteroatoms. The van der Waals surface area contributed by atoms with Crippen LogP contribution >= 0.6 is 12.4 Å². The van der Waals surface area contributed by atoms with Crippen molar-refractivity contribution >= 4 is 18.3 Å². The van der Waals surface area contributed by atoms with Gasteiger partial charge < -0.3 is 15.5 Å². The standard InChI is InChI=1S/C18H33N3O.ClH/c22-18(17-9-4-10-19-17)20-12-16-8-5-11-21(14-16)13-15-6-2-1-3-7-15;/h15-17,19H,1-14H2,(H,20,22);1H/t16?,17-;/m1./s1. The predicted octanol–water partition coefficient (Wildman–Crippen LogP) is 2.57. The zero-order valence-corrected chi connectivity index (χ0v) is 15.2. The summed E-state index contributed by atoms with van der Waals surface area (Å²) in [4.78, 5) is 14.8. The molecule has 2 heterocycles. The van der Waals surface area contributed by atoms with Crippen LogP contribution in [0.5, 0.6) is 0 Å². The van der Waals surface area contributed by atoms with Crippen LogP contribution in [0.25, 0.3) is 0 Å². The van der Waals surface area contributed by atoms with Crippen LogP contribution in [-0.2, 0) is 4.79 Å². The largest absolute Gasteiger partial charge is 0.354 e. The van der Waals surface area contributed by atoms with Crippen LogP contribution in [0.2, 0.25) is 0 Å². The van der Waals surface area contributed by atoms with Crippen LogP contribution in [-0.4, -0.2) is 49.6 Å². The minimum atomic E-state index is 0. The van der Waals surface area contributed by atoms with E-state index in [1.807, 2.05) is 0 Å². The molecule has 1 amide bonds. The molecule has 134 valence electrons. The molecular weight excluding hydrogens is 310 g/mol. The topological polar surface area (TPSA) is 44.4 Å². The van der Waals surface area contributed by atoms with Gasteiger partial charge in [0.25, 0.3) is 0 Å². The highest BCUT2D eigenvalue weighted by Gasteiger charge is 2.26. The van der Waals surface area contributed by atoms with Crippen LogP contribution in [0, 0.1) is 11.8 Å². The number of hydrogen-bond donors (Lipinski definition) is 2. The lowest BCUT2D eigenvalue weighted by molar-refractivity contribution is -0.123. The molecule has 0 aromatic rings. The van der Waals surface area contributed by atoms with Crippen molar-refractivity contribution in [3.63, 3.8) is 0 Å². The van der Waals surface area contributed by atoms with Gasteiger partial charge in [0.1, 0.15) is 0 Å². The summed E-state index contributed by atoms with van der Waals surface area (Å²) in [5.41, 5.74) is 0. The molecule has 0 bridgehead atoms. The molecular formula is C18H34ClN3O. The summed E-state index contributed by atoms with van der Waals surface area (Å²) in [7, 11) is 0. The first-order chi connectivity index (χ1) is 10.8. The second-order valence-electron chi connectivity index (χ2n) is 7.67. The molecule has 3 rings (SSSR count). The van der Waals surface area contributed by atoms with Crippen molar-refractivity contribution in [1.82, 2.24) is 15.5 Å². The Balaban J connectivity index is 0.00000192. The molecule has 0 spiro atoms. The van der Waals surface area contributed by atoms with Gasteiger partial charge in [-0.25, -0.2) is 0 Å². The third-order valence-electron chi connectivity index (χ3n) is 5.79. The first-order valence-electron chi connectivity index (χ1n) is 9.55. The molecule has 0 radical (unpaired) electrons. The Morgan fingerprint density at radius 1 is 1.00 bits per heavy atom. The van der Waals surface area contributed by atoms with Crippen LogP contribution in [0.1, 0.15) is 57.8 Å². The lowest BCUT2D eigenvalue weighted by atomic mass is 9.88. The summed E-state index contributed by atoms with van der Waals surface area (Å²) in [5, 5.41) is 6.47. The second kappa shape index (κ2) is 9.85. The van der Waals surface area contributed by atoms with Crippen molar-refractivity contribution in [1.29, 1.82) is 0 Å². The van der Waals surface area contributed by atoms with E-state index in [-0.39, 0.29) is 24.4 Å². The van der Waals surface area contributed by atoms with Gasteiger partial charge in [0.15, 0.2) is 0 Å². The van der Waals surface area contributed by atoms with Crippen molar-refractivity contribution in [3.05, 3.63) is 0 Å². The monoisotopic (exact) mass is 343 g/mol. The maximum absolute atomic E-state index is 12.1. The maximum Gasteiger partial charge on any atom is 0.237 e.